The Balaban J connectivity index is 1.78. The number of carbonyl (C=O) groups is 1. The highest BCUT2D eigenvalue weighted by molar-refractivity contribution is 6.31. The maximum Gasteiger partial charge on any atom is 0.317 e. The van der Waals surface area contributed by atoms with Gasteiger partial charge in [-0.15, -0.1) is 0 Å². The molecule has 1 aromatic carbocycles. The van der Waals surface area contributed by atoms with Crippen LogP contribution in [0.5, 0.6) is 0 Å². The molecule has 1 heterocycles. The normalized spacial score (nSPS) is 18.6. The molecule has 0 aliphatic carbocycles. The van der Waals surface area contributed by atoms with Crippen LogP contribution < -0.4 is 5.32 Å². The minimum atomic E-state index is -0.0736. The zero-order valence-corrected chi connectivity index (χ0v) is 12.5. The highest BCUT2D eigenvalue weighted by atomic mass is 35.5. The van der Waals surface area contributed by atoms with Gasteiger partial charge in [-0.1, -0.05) is 29.8 Å². The third-order valence-corrected chi connectivity index (χ3v) is 3.88. The van der Waals surface area contributed by atoms with E-state index in [9.17, 15) is 4.79 Å². The molecule has 5 heteroatoms. The maximum absolute atomic E-state index is 12.0. The molecule has 0 saturated carbocycles. The van der Waals surface area contributed by atoms with Crippen LogP contribution in [0.3, 0.4) is 0 Å². The van der Waals surface area contributed by atoms with Gasteiger partial charge in [-0.2, -0.15) is 0 Å². The first-order chi connectivity index (χ1) is 9.66. The van der Waals surface area contributed by atoms with Crippen molar-refractivity contribution in [2.24, 2.45) is 5.92 Å². The van der Waals surface area contributed by atoms with Crippen molar-refractivity contribution in [3.05, 3.63) is 34.9 Å². The first-order valence-corrected chi connectivity index (χ1v) is 7.34. The van der Waals surface area contributed by atoms with E-state index in [1.54, 1.807) is 11.9 Å². The molecule has 0 bridgehead atoms. The van der Waals surface area contributed by atoms with E-state index in [1.165, 1.54) is 0 Å². The van der Waals surface area contributed by atoms with Crippen molar-refractivity contribution in [3.8, 4) is 0 Å². The summed E-state index contributed by atoms with van der Waals surface area (Å²) in [5.74, 6) is 0.432. The highest BCUT2D eigenvalue weighted by Crippen LogP contribution is 2.16. The average Bonchev–Trinajstić information content (AvgIpc) is 2.48. The van der Waals surface area contributed by atoms with Crippen molar-refractivity contribution in [3.63, 3.8) is 0 Å². The van der Waals surface area contributed by atoms with Crippen LogP contribution in [0.2, 0.25) is 5.02 Å². The molecule has 0 aromatic heterocycles. The van der Waals surface area contributed by atoms with Crippen molar-refractivity contribution < 1.29 is 9.53 Å². The van der Waals surface area contributed by atoms with Gasteiger partial charge in [-0.3, -0.25) is 0 Å². The second-order valence-electron chi connectivity index (χ2n) is 5.22. The van der Waals surface area contributed by atoms with E-state index in [-0.39, 0.29) is 6.03 Å². The van der Waals surface area contributed by atoms with Gasteiger partial charge >= 0.3 is 6.03 Å². The van der Waals surface area contributed by atoms with Crippen molar-refractivity contribution in [2.75, 3.05) is 26.8 Å². The molecule has 1 aromatic rings. The number of benzene rings is 1. The molecule has 1 fully saturated rings. The molecule has 1 saturated heterocycles. The van der Waals surface area contributed by atoms with Crippen LogP contribution in [-0.4, -0.2) is 37.7 Å². The summed E-state index contributed by atoms with van der Waals surface area (Å²) in [6.45, 7) is 2.77. The molecule has 110 valence electrons. The van der Waals surface area contributed by atoms with Gasteiger partial charge in [0.2, 0.25) is 0 Å². The fraction of sp³-hybridized carbons (Fsp3) is 0.533. The predicted octanol–water partition coefficient (Wildman–Crippen LogP) is 2.91. The Morgan fingerprint density at radius 1 is 1.50 bits per heavy atom. The third kappa shape index (κ3) is 4.39. The van der Waals surface area contributed by atoms with Gasteiger partial charge < -0.3 is 15.0 Å². The average molecular weight is 297 g/mol. The summed E-state index contributed by atoms with van der Waals surface area (Å²) in [6.07, 6.45) is 2.20. The number of ether oxygens (including phenoxy) is 1. The summed E-state index contributed by atoms with van der Waals surface area (Å²) in [6, 6.07) is 7.50. The molecular weight excluding hydrogens is 276 g/mol. The second kappa shape index (κ2) is 7.50. The molecule has 4 nitrogen and oxygen atoms in total. The van der Waals surface area contributed by atoms with E-state index >= 15 is 0 Å². The smallest absolute Gasteiger partial charge is 0.317 e. The number of rotatable bonds is 4. The van der Waals surface area contributed by atoms with Crippen molar-refractivity contribution in [2.45, 2.75) is 19.4 Å². The van der Waals surface area contributed by atoms with E-state index in [0.29, 0.717) is 24.0 Å². The largest absolute Gasteiger partial charge is 0.381 e. The molecular formula is C15H21ClN2O2. The lowest BCUT2D eigenvalue weighted by atomic mass is 10.0. The van der Waals surface area contributed by atoms with Crippen LogP contribution in [-0.2, 0) is 11.3 Å². The Labute approximate surface area is 125 Å². The minimum absolute atomic E-state index is 0.0736. The number of urea groups is 1. The molecule has 1 aliphatic heterocycles. The quantitative estimate of drug-likeness (QED) is 0.928. The molecule has 1 atom stereocenters. The number of nitrogens with zero attached hydrogens (tertiary/aromatic N) is 1. The van der Waals surface area contributed by atoms with Gasteiger partial charge in [-0.25, -0.2) is 4.79 Å². The van der Waals surface area contributed by atoms with Crippen LogP contribution in [0.4, 0.5) is 4.79 Å². The highest BCUT2D eigenvalue weighted by Gasteiger charge is 2.16. The summed E-state index contributed by atoms with van der Waals surface area (Å²) >= 11 is 6.10. The van der Waals surface area contributed by atoms with Gasteiger partial charge in [0.1, 0.15) is 0 Å². The van der Waals surface area contributed by atoms with E-state index in [0.717, 1.165) is 31.6 Å². The van der Waals surface area contributed by atoms with Crippen molar-refractivity contribution >= 4 is 17.6 Å². The molecule has 2 rings (SSSR count). The SMILES string of the molecule is CN(Cc1ccccc1Cl)C(=O)NC[C@H]1CCCOC1. The standard InChI is InChI=1S/C15H21ClN2O2/c1-18(10-13-6-2-3-7-14(13)16)15(19)17-9-12-5-4-8-20-11-12/h2-3,6-7,12H,4-5,8-11H2,1H3,(H,17,19)/t12-/m1/s1. The van der Waals surface area contributed by atoms with Crippen LogP contribution in [0.25, 0.3) is 0 Å². The topological polar surface area (TPSA) is 41.6 Å². The van der Waals surface area contributed by atoms with Crippen molar-refractivity contribution in [1.29, 1.82) is 0 Å². The maximum atomic E-state index is 12.0. The first-order valence-electron chi connectivity index (χ1n) is 6.97. The van der Waals surface area contributed by atoms with Crippen molar-refractivity contribution in [1.82, 2.24) is 10.2 Å². The fourth-order valence-corrected chi connectivity index (χ4v) is 2.48. The second-order valence-corrected chi connectivity index (χ2v) is 5.62. The minimum Gasteiger partial charge on any atom is -0.381 e. The zero-order valence-electron chi connectivity index (χ0n) is 11.8. The Kier molecular flexibility index (Phi) is 5.68. The Morgan fingerprint density at radius 2 is 2.30 bits per heavy atom. The number of amides is 2. The number of hydrogen-bond acceptors (Lipinski definition) is 2. The van der Waals surface area contributed by atoms with E-state index in [4.69, 9.17) is 16.3 Å². The van der Waals surface area contributed by atoms with Gasteiger partial charge in [0.25, 0.3) is 0 Å². The van der Waals surface area contributed by atoms with Crippen LogP contribution in [0.15, 0.2) is 24.3 Å². The Morgan fingerprint density at radius 3 is 3.00 bits per heavy atom. The number of carbonyl (C=O) groups excluding carboxylic acids is 1. The summed E-state index contributed by atoms with van der Waals surface area (Å²) in [7, 11) is 1.77. The van der Waals surface area contributed by atoms with Crippen LogP contribution >= 0.6 is 11.6 Å². The number of hydrogen-bond donors (Lipinski definition) is 1. The van der Waals surface area contributed by atoms with Gasteiger partial charge in [-0.05, 0) is 30.4 Å². The number of nitrogens with one attached hydrogen (secondary N) is 1. The monoisotopic (exact) mass is 296 g/mol. The van der Waals surface area contributed by atoms with Gasteiger partial charge in [0.05, 0.1) is 6.61 Å². The lowest BCUT2D eigenvalue weighted by Crippen LogP contribution is -2.40. The Hall–Kier alpha value is -1.26. The molecule has 0 radical (unpaired) electrons. The molecule has 2 amide bonds. The molecule has 0 unspecified atom stereocenters. The molecule has 1 N–H and O–H groups in total. The summed E-state index contributed by atoms with van der Waals surface area (Å²) < 4.78 is 5.40. The molecule has 1 aliphatic rings. The van der Waals surface area contributed by atoms with Crippen LogP contribution in [0.1, 0.15) is 18.4 Å². The van der Waals surface area contributed by atoms with Gasteiger partial charge in [0, 0.05) is 31.8 Å². The summed E-state index contributed by atoms with van der Waals surface area (Å²) in [5.41, 5.74) is 0.952. The Bertz CT molecular complexity index is 447. The lowest BCUT2D eigenvalue weighted by Gasteiger charge is -2.24. The first kappa shape index (κ1) is 15.1. The van der Waals surface area contributed by atoms with E-state index in [2.05, 4.69) is 5.32 Å². The van der Waals surface area contributed by atoms with E-state index < -0.39 is 0 Å². The summed E-state index contributed by atoms with van der Waals surface area (Å²) in [5, 5.41) is 3.64. The fourth-order valence-electron chi connectivity index (χ4n) is 2.29. The van der Waals surface area contributed by atoms with Gasteiger partial charge in [0.15, 0.2) is 0 Å². The van der Waals surface area contributed by atoms with Crippen LogP contribution in [0, 0.1) is 5.92 Å². The molecule has 20 heavy (non-hydrogen) atoms. The van der Waals surface area contributed by atoms with E-state index in [1.807, 2.05) is 24.3 Å². The lowest BCUT2D eigenvalue weighted by molar-refractivity contribution is 0.0552. The summed E-state index contributed by atoms with van der Waals surface area (Å²) in [4.78, 5) is 13.7. The third-order valence-electron chi connectivity index (χ3n) is 3.51. The number of halogens is 1. The zero-order chi connectivity index (χ0) is 14.4. The molecule has 0 spiro atoms. The predicted molar refractivity (Wildman–Crippen MR) is 79.9 cm³/mol.